The predicted molar refractivity (Wildman–Crippen MR) is 63.9 cm³/mol. The summed E-state index contributed by atoms with van der Waals surface area (Å²) < 4.78 is 5.83. The standard InChI is InChI=1S/C14H18O2/c1-2-14(15)11-7-9-13(10-8-11)16-12-5-3-4-6-12/h7-10,12H,2-6H2,1H3. The Bertz CT molecular complexity index is 348. The highest BCUT2D eigenvalue weighted by Crippen LogP contribution is 2.24. The molecule has 0 heterocycles. The zero-order valence-electron chi connectivity index (χ0n) is 9.74. The van der Waals surface area contributed by atoms with Crippen molar-refractivity contribution in [1.82, 2.24) is 0 Å². The van der Waals surface area contributed by atoms with Crippen molar-refractivity contribution in [2.24, 2.45) is 0 Å². The van der Waals surface area contributed by atoms with Gasteiger partial charge in [-0.15, -0.1) is 0 Å². The summed E-state index contributed by atoms with van der Waals surface area (Å²) in [5.74, 6) is 1.08. The van der Waals surface area contributed by atoms with Gasteiger partial charge in [0.2, 0.25) is 0 Å². The molecule has 0 radical (unpaired) electrons. The van der Waals surface area contributed by atoms with Crippen LogP contribution < -0.4 is 4.74 Å². The van der Waals surface area contributed by atoms with Gasteiger partial charge in [-0.2, -0.15) is 0 Å². The fourth-order valence-electron chi connectivity index (χ4n) is 2.12. The van der Waals surface area contributed by atoms with Crippen LogP contribution in [0.5, 0.6) is 5.75 Å². The fraction of sp³-hybridized carbons (Fsp3) is 0.500. The van der Waals surface area contributed by atoms with Crippen LogP contribution in [0.3, 0.4) is 0 Å². The Kier molecular flexibility index (Phi) is 3.60. The maximum Gasteiger partial charge on any atom is 0.162 e. The summed E-state index contributed by atoms with van der Waals surface area (Å²) in [6.45, 7) is 1.88. The quantitative estimate of drug-likeness (QED) is 0.722. The lowest BCUT2D eigenvalue weighted by atomic mass is 10.1. The molecule has 0 saturated heterocycles. The molecule has 16 heavy (non-hydrogen) atoms. The first-order valence-electron chi connectivity index (χ1n) is 6.09. The normalized spacial score (nSPS) is 16.3. The lowest BCUT2D eigenvalue weighted by Gasteiger charge is -2.12. The lowest BCUT2D eigenvalue weighted by molar-refractivity contribution is 0.0988. The highest BCUT2D eigenvalue weighted by Gasteiger charge is 2.16. The van der Waals surface area contributed by atoms with Gasteiger partial charge in [0.15, 0.2) is 5.78 Å². The number of Topliss-reactive ketones (excluding diaryl/α,β-unsaturated/α-hetero) is 1. The minimum Gasteiger partial charge on any atom is -0.490 e. The molecule has 2 rings (SSSR count). The summed E-state index contributed by atoms with van der Waals surface area (Å²) in [5, 5.41) is 0. The summed E-state index contributed by atoms with van der Waals surface area (Å²) in [6, 6.07) is 7.52. The average Bonchev–Trinajstić information content (AvgIpc) is 2.82. The summed E-state index contributed by atoms with van der Waals surface area (Å²) in [5.41, 5.74) is 0.779. The number of hydrogen-bond donors (Lipinski definition) is 0. The van der Waals surface area contributed by atoms with Crippen LogP contribution in [-0.4, -0.2) is 11.9 Å². The third kappa shape index (κ3) is 2.63. The molecule has 0 bridgehead atoms. The van der Waals surface area contributed by atoms with Crippen molar-refractivity contribution in [3.63, 3.8) is 0 Å². The lowest BCUT2D eigenvalue weighted by Crippen LogP contribution is -2.10. The number of hydrogen-bond acceptors (Lipinski definition) is 2. The zero-order valence-corrected chi connectivity index (χ0v) is 9.74. The summed E-state index contributed by atoms with van der Waals surface area (Å²) in [7, 11) is 0. The second-order valence-electron chi connectivity index (χ2n) is 4.33. The molecule has 1 aromatic rings. The van der Waals surface area contributed by atoms with E-state index in [0.717, 1.165) is 24.2 Å². The van der Waals surface area contributed by atoms with Crippen molar-refractivity contribution in [1.29, 1.82) is 0 Å². The molecule has 0 unspecified atom stereocenters. The number of ether oxygens (including phenoxy) is 1. The van der Waals surface area contributed by atoms with Crippen molar-refractivity contribution in [2.45, 2.75) is 45.1 Å². The molecule has 2 heteroatoms. The second-order valence-corrected chi connectivity index (χ2v) is 4.33. The first kappa shape index (κ1) is 11.2. The van der Waals surface area contributed by atoms with E-state index < -0.39 is 0 Å². The molecule has 0 aliphatic heterocycles. The summed E-state index contributed by atoms with van der Waals surface area (Å²) in [4.78, 5) is 11.4. The molecule has 1 aromatic carbocycles. The van der Waals surface area contributed by atoms with E-state index in [2.05, 4.69) is 0 Å². The fourth-order valence-corrected chi connectivity index (χ4v) is 2.12. The Balaban J connectivity index is 1.98. The molecule has 1 fully saturated rings. The number of rotatable bonds is 4. The first-order valence-corrected chi connectivity index (χ1v) is 6.09. The molecule has 0 spiro atoms. The smallest absolute Gasteiger partial charge is 0.162 e. The van der Waals surface area contributed by atoms with Crippen LogP contribution in [0.25, 0.3) is 0 Å². The van der Waals surface area contributed by atoms with E-state index in [1.165, 1.54) is 12.8 Å². The Labute approximate surface area is 96.6 Å². The van der Waals surface area contributed by atoms with Crippen molar-refractivity contribution < 1.29 is 9.53 Å². The monoisotopic (exact) mass is 218 g/mol. The van der Waals surface area contributed by atoms with Gasteiger partial charge in [0.05, 0.1) is 6.10 Å². The molecule has 1 aliphatic rings. The van der Waals surface area contributed by atoms with Gasteiger partial charge in [0.25, 0.3) is 0 Å². The Hall–Kier alpha value is -1.31. The van der Waals surface area contributed by atoms with Crippen LogP contribution in [0.15, 0.2) is 24.3 Å². The molecule has 0 amide bonds. The topological polar surface area (TPSA) is 26.3 Å². The minimum atomic E-state index is 0.187. The maximum atomic E-state index is 11.4. The van der Waals surface area contributed by atoms with E-state index in [1.54, 1.807) is 0 Å². The largest absolute Gasteiger partial charge is 0.490 e. The van der Waals surface area contributed by atoms with Crippen LogP contribution in [0.1, 0.15) is 49.4 Å². The van der Waals surface area contributed by atoms with Gasteiger partial charge >= 0.3 is 0 Å². The van der Waals surface area contributed by atoms with Gasteiger partial charge < -0.3 is 4.74 Å². The van der Waals surface area contributed by atoms with Crippen molar-refractivity contribution in [2.75, 3.05) is 0 Å². The van der Waals surface area contributed by atoms with Crippen molar-refractivity contribution in [3.8, 4) is 5.75 Å². The molecule has 0 atom stereocenters. The third-order valence-corrected chi connectivity index (χ3v) is 3.10. The van der Waals surface area contributed by atoms with Crippen LogP contribution in [0.2, 0.25) is 0 Å². The van der Waals surface area contributed by atoms with Gasteiger partial charge in [-0.3, -0.25) is 4.79 Å². The second kappa shape index (κ2) is 5.15. The Morgan fingerprint density at radius 3 is 2.44 bits per heavy atom. The first-order chi connectivity index (χ1) is 7.79. The average molecular weight is 218 g/mol. The Morgan fingerprint density at radius 2 is 1.88 bits per heavy atom. The van der Waals surface area contributed by atoms with Gasteiger partial charge in [-0.1, -0.05) is 6.92 Å². The minimum absolute atomic E-state index is 0.187. The van der Waals surface area contributed by atoms with Crippen LogP contribution in [0, 0.1) is 0 Å². The van der Waals surface area contributed by atoms with Crippen LogP contribution in [-0.2, 0) is 0 Å². The van der Waals surface area contributed by atoms with Crippen LogP contribution >= 0.6 is 0 Å². The van der Waals surface area contributed by atoms with E-state index in [1.807, 2.05) is 31.2 Å². The van der Waals surface area contributed by atoms with E-state index in [0.29, 0.717) is 12.5 Å². The van der Waals surface area contributed by atoms with Gasteiger partial charge in [0, 0.05) is 12.0 Å². The zero-order chi connectivity index (χ0) is 11.4. The summed E-state index contributed by atoms with van der Waals surface area (Å²) >= 11 is 0. The van der Waals surface area contributed by atoms with Gasteiger partial charge in [-0.25, -0.2) is 0 Å². The van der Waals surface area contributed by atoms with E-state index in [-0.39, 0.29) is 5.78 Å². The van der Waals surface area contributed by atoms with Crippen molar-refractivity contribution >= 4 is 5.78 Å². The number of carbonyl (C=O) groups excluding carboxylic acids is 1. The Morgan fingerprint density at radius 1 is 1.25 bits per heavy atom. The number of carbonyl (C=O) groups is 1. The molecule has 2 nitrogen and oxygen atoms in total. The SMILES string of the molecule is CCC(=O)c1ccc(OC2CCCC2)cc1. The maximum absolute atomic E-state index is 11.4. The molecular weight excluding hydrogens is 200 g/mol. The molecule has 0 aromatic heterocycles. The molecule has 1 aliphatic carbocycles. The number of benzene rings is 1. The highest BCUT2D eigenvalue weighted by atomic mass is 16.5. The van der Waals surface area contributed by atoms with Crippen LogP contribution in [0.4, 0.5) is 0 Å². The van der Waals surface area contributed by atoms with Gasteiger partial charge in [0.1, 0.15) is 5.75 Å². The van der Waals surface area contributed by atoms with E-state index in [4.69, 9.17) is 4.74 Å². The third-order valence-electron chi connectivity index (χ3n) is 3.10. The van der Waals surface area contributed by atoms with Gasteiger partial charge in [-0.05, 0) is 49.9 Å². The van der Waals surface area contributed by atoms with E-state index >= 15 is 0 Å². The predicted octanol–water partition coefficient (Wildman–Crippen LogP) is 3.60. The molecule has 86 valence electrons. The molecule has 0 N–H and O–H groups in total. The molecule has 1 saturated carbocycles. The van der Waals surface area contributed by atoms with Crippen molar-refractivity contribution in [3.05, 3.63) is 29.8 Å². The molecular formula is C14H18O2. The highest BCUT2D eigenvalue weighted by molar-refractivity contribution is 5.95. The summed E-state index contributed by atoms with van der Waals surface area (Å²) in [6.07, 6.45) is 5.81. The van der Waals surface area contributed by atoms with E-state index in [9.17, 15) is 4.79 Å². The number of ketones is 1.